The number of carbonyl (C=O) groups is 1. The largest absolute Gasteiger partial charge is 0.477 e. The standard InChI is InChI=1S/C9H8ClNO4/c1-5(10)6-2-3-7(9(12)13)8(4-6)11(14)15/h2-5H,1H3,(H,12,13). The number of hydrogen-bond acceptors (Lipinski definition) is 3. The van der Waals surface area contributed by atoms with Crippen LogP contribution in [0.4, 0.5) is 5.69 Å². The van der Waals surface area contributed by atoms with Gasteiger partial charge in [0.25, 0.3) is 5.69 Å². The van der Waals surface area contributed by atoms with Crippen molar-refractivity contribution in [1.82, 2.24) is 0 Å². The van der Waals surface area contributed by atoms with Crippen molar-refractivity contribution >= 4 is 23.3 Å². The van der Waals surface area contributed by atoms with E-state index in [1.165, 1.54) is 18.2 Å². The van der Waals surface area contributed by atoms with Gasteiger partial charge in [0.15, 0.2) is 0 Å². The summed E-state index contributed by atoms with van der Waals surface area (Å²) >= 11 is 5.74. The zero-order valence-electron chi connectivity index (χ0n) is 7.81. The van der Waals surface area contributed by atoms with Crippen molar-refractivity contribution in [2.24, 2.45) is 0 Å². The van der Waals surface area contributed by atoms with Crippen molar-refractivity contribution < 1.29 is 14.8 Å². The molecule has 1 aromatic rings. The van der Waals surface area contributed by atoms with Gasteiger partial charge in [-0.25, -0.2) is 4.79 Å². The average molecular weight is 230 g/mol. The van der Waals surface area contributed by atoms with Crippen LogP contribution in [0.15, 0.2) is 18.2 Å². The maximum absolute atomic E-state index is 10.7. The van der Waals surface area contributed by atoms with Gasteiger partial charge in [0.05, 0.1) is 10.3 Å². The number of carboxylic acids is 1. The van der Waals surface area contributed by atoms with E-state index >= 15 is 0 Å². The lowest BCUT2D eigenvalue weighted by Gasteiger charge is -2.04. The van der Waals surface area contributed by atoms with Crippen LogP contribution in [0, 0.1) is 10.1 Å². The van der Waals surface area contributed by atoms with Gasteiger partial charge in [0.2, 0.25) is 0 Å². The Labute approximate surface area is 90.4 Å². The minimum atomic E-state index is -1.32. The topological polar surface area (TPSA) is 80.4 Å². The van der Waals surface area contributed by atoms with Crippen LogP contribution in [-0.4, -0.2) is 16.0 Å². The number of alkyl halides is 1. The number of aromatic carboxylic acids is 1. The van der Waals surface area contributed by atoms with Gasteiger partial charge in [-0.15, -0.1) is 11.6 Å². The van der Waals surface area contributed by atoms with E-state index in [2.05, 4.69) is 0 Å². The van der Waals surface area contributed by atoms with Crippen LogP contribution in [0.5, 0.6) is 0 Å². The molecule has 0 aromatic heterocycles. The number of rotatable bonds is 3. The molecule has 0 saturated carbocycles. The van der Waals surface area contributed by atoms with E-state index in [9.17, 15) is 14.9 Å². The highest BCUT2D eigenvalue weighted by Crippen LogP contribution is 2.26. The highest BCUT2D eigenvalue weighted by molar-refractivity contribution is 6.20. The van der Waals surface area contributed by atoms with Gasteiger partial charge in [0, 0.05) is 6.07 Å². The van der Waals surface area contributed by atoms with Crippen LogP contribution in [0.2, 0.25) is 0 Å². The van der Waals surface area contributed by atoms with Gasteiger partial charge >= 0.3 is 5.97 Å². The molecule has 0 aliphatic rings. The smallest absolute Gasteiger partial charge is 0.342 e. The first-order valence-electron chi connectivity index (χ1n) is 4.09. The van der Waals surface area contributed by atoms with E-state index in [4.69, 9.17) is 16.7 Å². The van der Waals surface area contributed by atoms with Crippen LogP contribution < -0.4 is 0 Å². The lowest BCUT2D eigenvalue weighted by molar-refractivity contribution is -0.385. The Kier molecular flexibility index (Phi) is 3.26. The maximum Gasteiger partial charge on any atom is 0.342 e. The fraction of sp³-hybridized carbons (Fsp3) is 0.222. The van der Waals surface area contributed by atoms with Crippen molar-refractivity contribution in [2.45, 2.75) is 12.3 Å². The molecule has 1 unspecified atom stereocenters. The van der Waals surface area contributed by atoms with Gasteiger partial charge in [-0.1, -0.05) is 6.07 Å². The van der Waals surface area contributed by atoms with Crippen molar-refractivity contribution in [1.29, 1.82) is 0 Å². The van der Waals surface area contributed by atoms with Crippen LogP contribution in [0.25, 0.3) is 0 Å². The van der Waals surface area contributed by atoms with Gasteiger partial charge < -0.3 is 5.11 Å². The van der Waals surface area contributed by atoms with Crippen LogP contribution in [0.1, 0.15) is 28.2 Å². The molecule has 1 N–H and O–H groups in total. The Balaban J connectivity index is 3.33. The molecule has 0 aliphatic heterocycles. The monoisotopic (exact) mass is 229 g/mol. The summed E-state index contributed by atoms with van der Waals surface area (Å²) in [6.45, 7) is 1.65. The first kappa shape index (κ1) is 11.5. The number of nitro groups is 1. The first-order chi connectivity index (χ1) is 6.93. The van der Waals surface area contributed by atoms with E-state index < -0.39 is 22.0 Å². The number of hydrogen-bond donors (Lipinski definition) is 1. The minimum absolute atomic E-state index is 0.332. The Morgan fingerprint density at radius 1 is 1.60 bits per heavy atom. The summed E-state index contributed by atoms with van der Waals surface area (Å²) in [5.41, 5.74) is -0.248. The molecular formula is C9H8ClNO4. The highest BCUT2D eigenvalue weighted by Gasteiger charge is 2.20. The molecule has 1 aromatic carbocycles. The molecule has 0 spiro atoms. The summed E-state index contributed by atoms with van der Waals surface area (Å²) in [4.78, 5) is 20.5. The lowest BCUT2D eigenvalue weighted by atomic mass is 10.1. The first-order valence-corrected chi connectivity index (χ1v) is 4.53. The fourth-order valence-electron chi connectivity index (χ4n) is 1.13. The summed E-state index contributed by atoms with van der Waals surface area (Å²) in [5, 5.41) is 18.9. The van der Waals surface area contributed by atoms with Crippen molar-refractivity contribution in [3.8, 4) is 0 Å². The van der Waals surface area contributed by atoms with E-state index in [-0.39, 0.29) is 5.56 Å². The third-order valence-electron chi connectivity index (χ3n) is 1.91. The normalized spacial score (nSPS) is 12.1. The minimum Gasteiger partial charge on any atom is -0.477 e. The number of nitro benzene ring substituents is 1. The van der Waals surface area contributed by atoms with Gasteiger partial charge in [0.1, 0.15) is 5.56 Å². The molecular weight excluding hydrogens is 222 g/mol. The van der Waals surface area contributed by atoms with Crippen molar-refractivity contribution in [3.63, 3.8) is 0 Å². The SMILES string of the molecule is CC(Cl)c1ccc(C(=O)O)c([N+](=O)[O-])c1. The fourth-order valence-corrected chi connectivity index (χ4v) is 1.26. The maximum atomic E-state index is 10.7. The van der Waals surface area contributed by atoms with Crippen LogP contribution in [0.3, 0.4) is 0 Å². The summed E-state index contributed by atoms with van der Waals surface area (Å²) in [6, 6.07) is 3.84. The Morgan fingerprint density at radius 2 is 2.20 bits per heavy atom. The zero-order chi connectivity index (χ0) is 11.6. The second-order valence-electron chi connectivity index (χ2n) is 2.95. The van der Waals surface area contributed by atoms with Crippen molar-refractivity contribution in [2.75, 3.05) is 0 Å². The Morgan fingerprint density at radius 3 is 2.60 bits per heavy atom. The summed E-state index contributed by atoms with van der Waals surface area (Å²) < 4.78 is 0. The third-order valence-corrected chi connectivity index (χ3v) is 2.16. The third kappa shape index (κ3) is 2.44. The quantitative estimate of drug-likeness (QED) is 0.491. The van der Waals surface area contributed by atoms with E-state index in [0.29, 0.717) is 5.56 Å². The molecule has 80 valence electrons. The molecule has 0 amide bonds. The second-order valence-corrected chi connectivity index (χ2v) is 3.61. The second kappa shape index (κ2) is 4.27. The highest BCUT2D eigenvalue weighted by atomic mass is 35.5. The molecule has 0 bridgehead atoms. The van der Waals surface area contributed by atoms with Crippen molar-refractivity contribution in [3.05, 3.63) is 39.4 Å². The van der Waals surface area contributed by atoms with E-state index in [1.807, 2.05) is 0 Å². The van der Waals surface area contributed by atoms with Gasteiger partial charge in [-0.2, -0.15) is 0 Å². The molecule has 0 radical (unpaired) electrons. The molecule has 1 atom stereocenters. The molecule has 0 heterocycles. The molecule has 6 heteroatoms. The van der Waals surface area contributed by atoms with E-state index in [1.54, 1.807) is 6.92 Å². The number of benzene rings is 1. The van der Waals surface area contributed by atoms with E-state index in [0.717, 1.165) is 0 Å². The van der Waals surface area contributed by atoms with Gasteiger partial charge in [-0.3, -0.25) is 10.1 Å². The summed E-state index contributed by atoms with van der Waals surface area (Å²) in [6.07, 6.45) is 0. The lowest BCUT2D eigenvalue weighted by Crippen LogP contribution is -2.03. The molecule has 0 fully saturated rings. The molecule has 1 rings (SSSR count). The Bertz CT molecular complexity index is 417. The summed E-state index contributed by atoms with van der Waals surface area (Å²) in [7, 11) is 0. The van der Waals surface area contributed by atoms with Crippen LogP contribution in [-0.2, 0) is 0 Å². The zero-order valence-corrected chi connectivity index (χ0v) is 8.56. The average Bonchev–Trinajstić information content (AvgIpc) is 2.16. The molecule has 5 nitrogen and oxygen atoms in total. The Hall–Kier alpha value is -1.62. The predicted molar refractivity (Wildman–Crippen MR) is 54.3 cm³/mol. The number of carboxylic acid groups (broad SMARTS) is 1. The predicted octanol–water partition coefficient (Wildman–Crippen LogP) is 2.59. The van der Waals surface area contributed by atoms with Gasteiger partial charge in [-0.05, 0) is 18.6 Å². The summed E-state index contributed by atoms with van der Waals surface area (Å²) in [5.74, 6) is -1.32. The number of halogens is 1. The number of nitrogens with zero attached hydrogens (tertiary/aromatic N) is 1. The molecule has 0 aliphatic carbocycles. The van der Waals surface area contributed by atoms with Crippen LogP contribution >= 0.6 is 11.6 Å². The molecule has 0 saturated heterocycles. The molecule has 15 heavy (non-hydrogen) atoms.